The van der Waals surface area contributed by atoms with E-state index in [0.29, 0.717) is 0 Å². The molecule has 1 aliphatic heterocycles. The van der Waals surface area contributed by atoms with Crippen molar-refractivity contribution < 1.29 is 0 Å². The van der Waals surface area contributed by atoms with Crippen LogP contribution in [0.5, 0.6) is 0 Å². The monoisotopic (exact) mass is 117 g/mol. The molecule has 7 heavy (non-hydrogen) atoms. The van der Waals surface area contributed by atoms with Gasteiger partial charge in [-0.15, -0.1) is 0 Å². The second-order valence-corrected chi connectivity index (χ2v) is 2.33. The Morgan fingerprint density at radius 3 is 2.71 bits per heavy atom. The normalized spacial score (nSPS) is 22.9. The highest BCUT2D eigenvalue weighted by Crippen LogP contribution is 2.08. The number of rotatable bonds is 0. The van der Waals surface area contributed by atoms with Crippen LogP contribution in [0.3, 0.4) is 0 Å². The molecule has 0 fully saturated rings. The molecule has 0 unspecified atom stereocenters. The molecule has 0 atom stereocenters. The molecule has 0 bridgehead atoms. The predicted octanol–water partition coefficient (Wildman–Crippen LogP) is 1.05. The van der Waals surface area contributed by atoms with Crippen LogP contribution < -0.4 is 0 Å². The second kappa shape index (κ2) is 1.85. The highest BCUT2D eigenvalue weighted by Gasteiger charge is 2.04. The summed E-state index contributed by atoms with van der Waals surface area (Å²) < 4.78 is 0. The third kappa shape index (κ3) is 1.18. The number of hydrogen-bond donors (Lipinski definition) is 0. The topological polar surface area (TPSA) is 3.24 Å². The number of nitrogens with zero attached hydrogens (tertiary/aromatic N) is 1. The van der Waals surface area contributed by atoms with Crippen LogP contribution in [0.1, 0.15) is 0 Å². The van der Waals surface area contributed by atoms with Gasteiger partial charge in [-0.2, -0.15) is 0 Å². The second-order valence-electron chi connectivity index (χ2n) is 1.85. The maximum atomic E-state index is 5.63. The van der Waals surface area contributed by atoms with Gasteiger partial charge in [-0.05, 0) is 7.05 Å². The standard InChI is InChI=1S/C5H8ClN/c1-7-3-2-5(6)4-7/h2H,3-4H2,1H3. The van der Waals surface area contributed by atoms with Crippen molar-refractivity contribution in [1.29, 1.82) is 0 Å². The van der Waals surface area contributed by atoms with Gasteiger partial charge < -0.3 is 0 Å². The van der Waals surface area contributed by atoms with Gasteiger partial charge >= 0.3 is 0 Å². The van der Waals surface area contributed by atoms with Crippen LogP contribution in [0.4, 0.5) is 0 Å². The van der Waals surface area contributed by atoms with E-state index >= 15 is 0 Å². The summed E-state index contributed by atoms with van der Waals surface area (Å²) in [6, 6.07) is 0. The zero-order valence-electron chi connectivity index (χ0n) is 4.32. The van der Waals surface area contributed by atoms with Gasteiger partial charge in [-0.25, -0.2) is 0 Å². The van der Waals surface area contributed by atoms with Crippen LogP contribution in [0, 0.1) is 0 Å². The third-order valence-corrected chi connectivity index (χ3v) is 1.32. The summed E-state index contributed by atoms with van der Waals surface area (Å²) in [6.07, 6.45) is 2.03. The first-order chi connectivity index (χ1) is 3.29. The summed E-state index contributed by atoms with van der Waals surface area (Å²) >= 11 is 5.63. The van der Waals surface area contributed by atoms with E-state index in [1.165, 1.54) is 0 Å². The molecule has 1 aliphatic rings. The predicted molar refractivity (Wildman–Crippen MR) is 31.4 cm³/mol. The minimum atomic E-state index is 0.932. The minimum absolute atomic E-state index is 0.932. The molecule has 0 amide bonds. The van der Waals surface area contributed by atoms with E-state index in [1.54, 1.807) is 0 Å². The quantitative estimate of drug-likeness (QED) is 0.459. The van der Waals surface area contributed by atoms with Gasteiger partial charge in [0.1, 0.15) is 0 Å². The van der Waals surface area contributed by atoms with E-state index < -0.39 is 0 Å². The van der Waals surface area contributed by atoms with Crippen molar-refractivity contribution in [2.75, 3.05) is 20.1 Å². The van der Waals surface area contributed by atoms with Gasteiger partial charge in [-0.3, -0.25) is 4.90 Å². The third-order valence-electron chi connectivity index (χ3n) is 1.05. The van der Waals surface area contributed by atoms with Crippen molar-refractivity contribution in [1.82, 2.24) is 4.90 Å². The molecule has 1 heterocycles. The molecule has 0 aromatic carbocycles. The highest BCUT2D eigenvalue weighted by molar-refractivity contribution is 6.30. The molecule has 0 N–H and O–H groups in total. The molecular weight excluding hydrogens is 110 g/mol. The summed E-state index contributed by atoms with van der Waals surface area (Å²) in [5, 5.41) is 0.975. The molecule has 1 rings (SSSR count). The lowest BCUT2D eigenvalue weighted by atomic mass is 10.6. The number of likely N-dealkylation sites (N-methyl/N-ethyl adjacent to an activating group) is 1. The van der Waals surface area contributed by atoms with Gasteiger partial charge in [0.15, 0.2) is 0 Å². The molecule has 0 aromatic heterocycles. The fraction of sp³-hybridized carbons (Fsp3) is 0.600. The Morgan fingerprint density at radius 1 is 1.86 bits per heavy atom. The van der Waals surface area contributed by atoms with Crippen LogP contribution in [0.15, 0.2) is 11.1 Å². The Morgan fingerprint density at radius 2 is 2.57 bits per heavy atom. The first-order valence-corrected chi connectivity index (χ1v) is 2.70. The molecule has 0 spiro atoms. The average molecular weight is 118 g/mol. The Hall–Kier alpha value is -0.0100. The van der Waals surface area contributed by atoms with Gasteiger partial charge in [0, 0.05) is 18.1 Å². The lowest BCUT2D eigenvalue weighted by molar-refractivity contribution is 0.433. The molecule has 0 radical (unpaired) electrons. The van der Waals surface area contributed by atoms with Crippen molar-refractivity contribution in [3.63, 3.8) is 0 Å². The van der Waals surface area contributed by atoms with Gasteiger partial charge in [0.05, 0.1) is 0 Å². The molecule has 2 heteroatoms. The summed E-state index contributed by atoms with van der Waals surface area (Å²) in [6.45, 7) is 1.94. The van der Waals surface area contributed by atoms with Crippen molar-refractivity contribution in [3.8, 4) is 0 Å². The maximum Gasteiger partial charge on any atom is 0.0339 e. The maximum absolute atomic E-state index is 5.63. The van der Waals surface area contributed by atoms with E-state index in [2.05, 4.69) is 4.90 Å². The van der Waals surface area contributed by atoms with E-state index in [-0.39, 0.29) is 0 Å². The number of hydrogen-bond acceptors (Lipinski definition) is 1. The molecule has 0 saturated carbocycles. The van der Waals surface area contributed by atoms with Crippen LogP contribution in [-0.4, -0.2) is 25.0 Å². The summed E-state index contributed by atoms with van der Waals surface area (Å²) in [4.78, 5) is 2.16. The first kappa shape index (κ1) is 5.13. The molecule has 0 aromatic rings. The lowest BCUT2D eigenvalue weighted by Crippen LogP contribution is -2.12. The van der Waals surface area contributed by atoms with E-state index in [9.17, 15) is 0 Å². The zero-order valence-corrected chi connectivity index (χ0v) is 5.07. The summed E-state index contributed by atoms with van der Waals surface area (Å²) in [5.74, 6) is 0. The smallest absolute Gasteiger partial charge is 0.0339 e. The molecule has 1 nitrogen and oxygen atoms in total. The van der Waals surface area contributed by atoms with Gasteiger partial charge in [-0.1, -0.05) is 17.7 Å². The zero-order chi connectivity index (χ0) is 5.28. The molecule has 0 aliphatic carbocycles. The molecule has 40 valence electrons. The Balaban J connectivity index is 2.42. The molecular formula is C5H8ClN. The lowest BCUT2D eigenvalue weighted by Gasteiger charge is -2.02. The van der Waals surface area contributed by atoms with Crippen LogP contribution in [-0.2, 0) is 0 Å². The van der Waals surface area contributed by atoms with E-state index in [0.717, 1.165) is 18.1 Å². The first-order valence-electron chi connectivity index (χ1n) is 2.32. The van der Waals surface area contributed by atoms with Crippen molar-refractivity contribution in [3.05, 3.63) is 11.1 Å². The van der Waals surface area contributed by atoms with E-state index in [4.69, 9.17) is 11.6 Å². The van der Waals surface area contributed by atoms with Gasteiger partial charge in [0.2, 0.25) is 0 Å². The summed E-state index contributed by atoms with van der Waals surface area (Å²) in [7, 11) is 2.05. The minimum Gasteiger partial charge on any atom is -0.298 e. The van der Waals surface area contributed by atoms with Crippen molar-refractivity contribution in [2.45, 2.75) is 0 Å². The molecule has 0 saturated heterocycles. The van der Waals surface area contributed by atoms with E-state index in [1.807, 2.05) is 13.1 Å². The average Bonchev–Trinajstić information content (AvgIpc) is 1.87. The Bertz CT molecular complexity index is 98.3. The van der Waals surface area contributed by atoms with Crippen molar-refractivity contribution >= 4 is 11.6 Å². The fourth-order valence-corrected chi connectivity index (χ4v) is 0.915. The highest BCUT2D eigenvalue weighted by atomic mass is 35.5. The number of halogens is 1. The summed E-state index contributed by atoms with van der Waals surface area (Å²) in [5.41, 5.74) is 0. The van der Waals surface area contributed by atoms with Crippen molar-refractivity contribution in [2.24, 2.45) is 0 Å². The SMILES string of the molecule is CN1CC=C(Cl)C1. The van der Waals surface area contributed by atoms with Gasteiger partial charge in [0.25, 0.3) is 0 Å². The van der Waals surface area contributed by atoms with Crippen LogP contribution >= 0.6 is 11.6 Å². The van der Waals surface area contributed by atoms with Crippen LogP contribution in [0.25, 0.3) is 0 Å². The largest absolute Gasteiger partial charge is 0.298 e. The Labute approximate surface area is 48.6 Å². The van der Waals surface area contributed by atoms with Crippen LogP contribution in [0.2, 0.25) is 0 Å². The Kier molecular flexibility index (Phi) is 1.35. The fourth-order valence-electron chi connectivity index (χ4n) is 0.642.